The van der Waals surface area contributed by atoms with Crippen molar-refractivity contribution in [2.24, 2.45) is 5.73 Å². The predicted octanol–water partition coefficient (Wildman–Crippen LogP) is 2.10. The maximum absolute atomic E-state index is 8.49. The van der Waals surface area contributed by atoms with Crippen LogP contribution >= 0.6 is 0 Å². The molecule has 0 aliphatic heterocycles. The molecular weight excluding hydrogens is 200 g/mol. The zero-order chi connectivity index (χ0) is 12.1. The van der Waals surface area contributed by atoms with Crippen LogP contribution in [0, 0.1) is 25.2 Å². The molecule has 1 atom stereocenters. The number of nitrogens with two attached hydrogens (primary N) is 1. The van der Waals surface area contributed by atoms with Crippen molar-refractivity contribution in [3.63, 3.8) is 0 Å². The lowest BCUT2D eigenvalue weighted by Crippen LogP contribution is -2.18. The molecule has 0 aliphatic carbocycles. The molecule has 0 bridgehead atoms. The Balaban J connectivity index is 2.94. The molecule has 0 amide bonds. The highest BCUT2D eigenvalue weighted by atomic mass is 16.5. The topological polar surface area (TPSA) is 59.0 Å². The summed E-state index contributed by atoms with van der Waals surface area (Å²) in [4.78, 5) is 0. The standard InChI is InChI=1S/C13H18N2O/c1-9-6-12(8-11(3)15)7-10(2)13(9)16-5-4-14/h6-7,11H,5,8,15H2,1-3H3. The maximum atomic E-state index is 8.49. The van der Waals surface area contributed by atoms with E-state index in [4.69, 9.17) is 15.7 Å². The predicted molar refractivity (Wildman–Crippen MR) is 64.4 cm³/mol. The molecule has 86 valence electrons. The van der Waals surface area contributed by atoms with Gasteiger partial charge in [0, 0.05) is 6.04 Å². The van der Waals surface area contributed by atoms with Gasteiger partial charge < -0.3 is 10.5 Å². The summed E-state index contributed by atoms with van der Waals surface area (Å²) in [7, 11) is 0. The van der Waals surface area contributed by atoms with Gasteiger partial charge in [0.2, 0.25) is 0 Å². The van der Waals surface area contributed by atoms with E-state index in [9.17, 15) is 0 Å². The SMILES string of the molecule is Cc1cc(CC(C)N)cc(C)c1OCC#N. The number of ether oxygens (including phenoxy) is 1. The minimum Gasteiger partial charge on any atom is -0.478 e. The second-order valence-electron chi connectivity index (χ2n) is 4.19. The number of benzene rings is 1. The van der Waals surface area contributed by atoms with E-state index in [1.807, 2.05) is 26.8 Å². The Morgan fingerprint density at radius 2 is 1.94 bits per heavy atom. The third kappa shape index (κ3) is 3.25. The van der Waals surface area contributed by atoms with E-state index in [0.717, 1.165) is 23.3 Å². The number of hydrogen-bond acceptors (Lipinski definition) is 3. The molecule has 16 heavy (non-hydrogen) atoms. The van der Waals surface area contributed by atoms with E-state index in [1.165, 1.54) is 5.56 Å². The fourth-order valence-electron chi connectivity index (χ4n) is 1.86. The molecule has 1 aromatic carbocycles. The van der Waals surface area contributed by atoms with Crippen LogP contribution in [0.15, 0.2) is 12.1 Å². The quantitative estimate of drug-likeness (QED) is 0.841. The highest BCUT2D eigenvalue weighted by Crippen LogP contribution is 2.25. The monoisotopic (exact) mass is 218 g/mol. The Kier molecular flexibility index (Phi) is 4.33. The Morgan fingerprint density at radius 1 is 1.38 bits per heavy atom. The summed E-state index contributed by atoms with van der Waals surface area (Å²) in [6.45, 7) is 6.06. The Bertz CT molecular complexity index is 382. The molecule has 0 radical (unpaired) electrons. The zero-order valence-corrected chi connectivity index (χ0v) is 10.1. The Labute approximate surface area is 96.8 Å². The number of nitrogens with zero attached hydrogens (tertiary/aromatic N) is 1. The summed E-state index contributed by atoms with van der Waals surface area (Å²) in [6, 6.07) is 6.28. The first-order chi connectivity index (χ1) is 7.54. The molecule has 3 nitrogen and oxygen atoms in total. The van der Waals surface area contributed by atoms with Gasteiger partial charge >= 0.3 is 0 Å². The molecule has 0 fully saturated rings. The van der Waals surface area contributed by atoms with E-state index < -0.39 is 0 Å². The average Bonchev–Trinajstić information content (AvgIpc) is 2.15. The number of hydrogen-bond donors (Lipinski definition) is 1. The highest BCUT2D eigenvalue weighted by molar-refractivity contribution is 5.43. The van der Waals surface area contributed by atoms with Crippen LogP contribution in [0.5, 0.6) is 5.75 Å². The first kappa shape index (κ1) is 12.5. The van der Waals surface area contributed by atoms with Gasteiger partial charge in [0.1, 0.15) is 11.8 Å². The van der Waals surface area contributed by atoms with Crippen LogP contribution in [0.4, 0.5) is 0 Å². The molecule has 0 saturated heterocycles. The zero-order valence-electron chi connectivity index (χ0n) is 10.1. The summed E-state index contributed by atoms with van der Waals surface area (Å²) in [6.07, 6.45) is 0.861. The molecule has 0 aliphatic rings. The number of aryl methyl sites for hydroxylation is 2. The summed E-state index contributed by atoms with van der Waals surface area (Å²) in [5.74, 6) is 0.815. The third-order valence-electron chi connectivity index (χ3n) is 2.36. The molecule has 1 aromatic rings. The fraction of sp³-hybridized carbons (Fsp3) is 0.462. The molecule has 0 aromatic heterocycles. The van der Waals surface area contributed by atoms with Crippen molar-refractivity contribution >= 4 is 0 Å². The van der Waals surface area contributed by atoms with Crippen molar-refractivity contribution in [2.45, 2.75) is 33.2 Å². The van der Waals surface area contributed by atoms with Crippen molar-refractivity contribution in [3.8, 4) is 11.8 Å². The van der Waals surface area contributed by atoms with Gasteiger partial charge in [0.25, 0.3) is 0 Å². The summed E-state index contributed by atoms with van der Waals surface area (Å²) < 4.78 is 5.38. The van der Waals surface area contributed by atoms with Gasteiger partial charge in [-0.15, -0.1) is 0 Å². The van der Waals surface area contributed by atoms with Gasteiger partial charge in [-0.25, -0.2) is 0 Å². The van der Waals surface area contributed by atoms with Crippen LogP contribution < -0.4 is 10.5 Å². The first-order valence-electron chi connectivity index (χ1n) is 5.40. The van der Waals surface area contributed by atoms with E-state index in [2.05, 4.69) is 12.1 Å². The van der Waals surface area contributed by atoms with Crippen LogP contribution in [0.25, 0.3) is 0 Å². The minimum absolute atomic E-state index is 0.0916. The normalized spacial score (nSPS) is 11.9. The molecule has 2 N–H and O–H groups in total. The molecule has 0 heterocycles. The second-order valence-corrected chi connectivity index (χ2v) is 4.19. The highest BCUT2D eigenvalue weighted by Gasteiger charge is 2.07. The van der Waals surface area contributed by atoms with Crippen LogP contribution in [0.1, 0.15) is 23.6 Å². The summed E-state index contributed by atoms with van der Waals surface area (Å²) in [5.41, 5.74) is 9.11. The van der Waals surface area contributed by atoms with Crippen LogP contribution in [0.2, 0.25) is 0 Å². The van der Waals surface area contributed by atoms with Crippen molar-refractivity contribution < 1.29 is 4.74 Å². The Morgan fingerprint density at radius 3 is 2.38 bits per heavy atom. The van der Waals surface area contributed by atoms with Gasteiger partial charge in [-0.1, -0.05) is 12.1 Å². The van der Waals surface area contributed by atoms with Crippen LogP contribution in [-0.2, 0) is 6.42 Å². The lowest BCUT2D eigenvalue weighted by molar-refractivity contribution is 0.362. The second kappa shape index (κ2) is 5.53. The van der Waals surface area contributed by atoms with E-state index in [-0.39, 0.29) is 12.6 Å². The lowest BCUT2D eigenvalue weighted by atomic mass is 10.0. The smallest absolute Gasteiger partial charge is 0.174 e. The van der Waals surface area contributed by atoms with Gasteiger partial charge in [-0.2, -0.15) is 5.26 Å². The summed E-state index contributed by atoms with van der Waals surface area (Å²) in [5, 5.41) is 8.49. The molecule has 1 rings (SSSR count). The minimum atomic E-state index is 0.0916. The van der Waals surface area contributed by atoms with Crippen LogP contribution in [0.3, 0.4) is 0 Å². The van der Waals surface area contributed by atoms with Crippen molar-refractivity contribution in [1.82, 2.24) is 0 Å². The molecule has 0 saturated carbocycles. The number of nitriles is 1. The van der Waals surface area contributed by atoms with Gasteiger partial charge in [0.05, 0.1) is 0 Å². The lowest BCUT2D eigenvalue weighted by Gasteiger charge is -2.13. The fourth-order valence-corrected chi connectivity index (χ4v) is 1.86. The van der Waals surface area contributed by atoms with Gasteiger partial charge in [0.15, 0.2) is 6.61 Å². The average molecular weight is 218 g/mol. The van der Waals surface area contributed by atoms with Crippen LogP contribution in [-0.4, -0.2) is 12.6 Å². The van der Waals surface area contributed by atoms with Gasteiger partial charge in [-0.3, -0.25) is 0 Å². The van der Waals surface area contributed by atoms with E-state index >= 15 is 0 Å². The van der Waals surface area contributed by atoms with Gasteiger partial charge in [-0.05, 0) is 43.9 Å². The molecular formula is C13H18N2O. The molecule has 0 spiro atoms. The molecule has 1 unspecified atom stereocenters. The summed E-state index contributed by atoms with van der Waals surface area (Å²) >= 11 is 0. The number of rotatable bonds is 4. The van der Waals surface area contributed by atoms with E-state index in [0.29, 0.717) is 0 Å². The van der Waals surface area contributed by atoms with Crippen molar-refractivity contribution in [1.29, 1.82) is 5.26 Å². The van der Waals surface area contributed by atoms with Crippen molar-refractivity contribution in [3.05, 3.63) is 28.8 Å². The largest absolute Gasteiger partial charge is 0.478 e. The first-order valence-corrected chi connectivity index (χ1v) is 5.40. The Hall–Kier alpha value is -1.53. The maximum Gasteiger partial charge on any atom is 0.174 e. The van der Waals surface area contributed by atoms with Crippen molar-refractivity contribution in [2.75, 3.05) is 6.61 Å². The van der Waals surface area contributed by atoms with E-state index in [1.54, 1.807) is 0 Å². The third-order valence-corrected chi connectivity index (χ3v) is 2.36. The molecule has 3 heteroatoms.